The standard InChI is InChI=1S/C15H12Cl2FNO2S2/c16-11-2-1-3-14(15(11)17)23(20,21)19-12-6-7-22-13-5-4-9(18)8-10(12)13/h1-5,8,12,19H,6-7H2/t12-/m0/s1. The fraction of sp³-hybridized carbons (Fsp3) is 0.200. The molecule has 122 valence electrons. The van der Waals surface area contributed by atoms with Gasteiger partial charge < -0.3 is 0 Å². The summed E-state index contributed by atoms with van der Waals surface area (Å²) < 4.78 is 41.4. The zero-order chi connectivity index (χ0) is 16.6. The second kappa shape index (κ2) is 6.61. The zero-order valence-electron chi connectivity index (χ0n) is 11.7. The molecule has 2 aromatic rings. The first-order valence-corrected chi connectivity index (χ1v) is 9.99. The third-order valence-electron chi connectivity index (χ3n) is 3.51. The summed E-state index contributed by atoms with van der Waals surface area (Å²) in [6, 6.07) is 8.34. The maximum Gasteiger partial charge on any atom is 0.242 e. The third-order valence-corrected chi connectivity index (χ3v) is 7.08. The van der Waals surface area contributed by atoms with E-state index in [1.807, 2.05) is 0 Å². The van der Waals surface area contributed by atoms with Crippen molar-refractivity contribution in [3.63, 3.8) is 0 Å². The van der Waals surface area contributed by atoms with Crippen LogP contribution in [0.5, 0.6) is 0 Å². The summed E-state index contributed by atoms with van der Waals surface area (Å²) in [6.07, 6.45) is 0.568. The van der Waals surface area contributed by atoms with Crippen LogP contribution in [-0.4, -0.2) is 14.2 Å². The molecule has 3 nitrogen and oxygen atoms in total. The molecule has 0 radical (unpaired) electrons. The van der Waals surface area contributed by atoms with Crippen LogP contribution in [-0.2, 0) is 10.0 Å². The summed E-state index contributed by atoms with van der Waals surface area (Å²) in [5.74, 6) is 0.353. The number of sulfonamides is 1. The van der Waals surface area contributed by atoms with Gasteiger partial charge in [0.25, 0.3) is 0 Å². The molecule has 3 rings (SSSR count). The van der Waals surface area contributed by atoms with Gasteiger partial charge in [-0.25, -0.2) is 17.5 Å². The lowest BCUT2D eigenvalue weighted by Gasteiger charge is -2.26. The van der Waals surface area contributed by atoms with Crippen LogP contribution in [0.2, 0.25) is 10.0 Å². The number of halogens is 3. The number of thioether (sulfide) groups is 1. The largest absolute Gasteiger partial charge is 0.242 e. The quantitative estimate of drug-likeness (QED) is 0.827. The van der Waals surface area contributed by atoms with Crippen molar-refractivity contribution in [2.45, 2.75) is 22.3 Å². The molecule has 1 N–H and O–H groups in total. The van der Waals surface area contributed by atoms with Crippen LogP contribution in [0.1, 0.15) is 18.0 Å². The molecular weight excluding hydrogens is 380 g/mol. The van der Waals surface area contributed by atoms with Crippen LogP contribution in [0, 0.1) is 5.82 Å². The van der Waals surface area contributed by atoms with Crippen LogP contribution in [0.3, 0.4) is 0 Å². The molecule has 0 spiro atoms. The minimum absolute atomic E-state index is 0.0219. The average Bonchev–Trinajstić information content (AvgIpc) is 2.50. The van der Waals surface area contributed by atoms with Crippen LogP contribution < -0.4 is 4.72 Å². The number of hydrogen-bond donors (Lipinski definition) is 1. The number of hydrogen-bond acceptors (Lipinski definition) is 3. The van der Waals surface area contributed by atoms with Gasteiger partial charge in [0.2, 0.25) is 10.0 Å². The third kappa shape index (κ3) is 3.51. The molecule has 0 saturated carbocycles. The Kier molecular flexibility index (Phi) is 4.90. The van der Waals surface area contributed by atoms with E-state index in [0.29, 0.717) is 12.0 Å². The van der Waals surface area contributed by atoms with E-state index in [9.17, 15) is 12.8 Å². The smallest absolute Gasteiger partial charge is 0.207 e. The van der Waals surface area contributed by atoms with Crippen molar-refractivity contribution in [1.82, 2.24) is 4.72 Å². The van der Waals surface area contributed by atoms with Gasteiger partial charge in [-0.15, -0.1) is 11.8 Å². The van der Waals surface area contributed by atoms with E-state index in [1.54, 1.807) is 17.8 Å². The molecule has 1 aliphatic rings. The molecule has 1 aliphatic heterocycles. The summed E-state index contributed by atoms with van der Waals surface area (Å²) in [7, 11) is -3.87. The summed E-state index contributed by atoms with van der Waals surface area (Å²) >= 11 is 13.5. The van der Waals surface area contributed by atoms with Crippen molar-refractivity contribution in [1.29, 1.82) is 0 Å². The van der Waals surface area contributed by atoms with E-state index in [-0.39, 0.29) is 14.9 Å². The molecular formula is C15H12Cl2FNO2S2. The van der Waals surface area contributed by atoms with Gasteiger partial charge in [-0.3, -0.25) is 0 Å². The van der Waals surface area contributed by atoms with E-state index in [0.717, 1.165) is 10.6 Å². The Morgan fingerprint density at radius 2 is 2.00 bits per heavy atom. The van der Waals surface area contributed by atoms with Gasteiger partial charge >= 0.3 is 0 Å². The van der Waals surface area contributed by atoms with E-state index in [1.165, 1.54) is 30.3 Å². The van der Waals surface area contributed by atoms with E-state index < -0.39 is 21.9 Å². The Labute approximate surface area is 148 Å². The van der Waals surface area contributed by atoms with Crippen LogP contribution in [0.15, 0.2) is 46.2 Å². The molecule has 0 aliphatic carbocycles. The molecule has 0 amide bonds. The summed E-state index contributed by atoms with van der Waals surface area (Å²) in [5.41, 5.74) is 0.642. The van der Waals surface area contributed by atoms with Crippen molar-refractivity contribution >= 4 is 45.0 Å². The van der Waals surface area contributed by atoms with Crippen molar-refractivity contribution in [3.05, 3.63) is 57.8 Å². The highest BCUT2D eigenvalue weighted by atomic mass is 35.5. The highest BCUT2D eigenvalue weighted by molar-refractivity contribution is 7.99. The molecule has 0 aromatic heterocycles. The van der Waals surface area contributed by atoms with Crippen LogP contribution in [0.4, 0.5) is 4.39 Å². The van der Waals surface area contributed by atoms with Crippen LogP contribution in [0.25, 0.3) is 0 Å². The lowest BCUT2D eigenvalue weighted by atomic mass is 10.0. The minimum atomic E-state index is -3.87. The predicted molar refractivity (Wildman–Crippen MR) is 91.3 cm³/mol. The van der Waals surface area contributed by atoms with E-state index in [4.69, 9.17) is 23.2 Å². The van der Waals surface area contributed by atoms with Gasteiger partial charge in [0.15, 0.2) is 0 Å². The zero-order valence-corrected chi connectivity index (χ0v) is 14.9. The first-order chi connectivity index (χ1) is 10.9. The molecule has 2 aromatic carbocycles. The molecule has 0 bridgehead atoms. The van der Waals surface area contributed by atoms with Gasteiger partial charge in [0, 0.05) is 10.9 Å². The monoisotopic (exact) mass is 391 g/mol. The maximum atomic E-state index is 13.5. The van der Waals surface area contributed by atoms with Crippen molar-refractivity contribution in [3.8, 4) is 0 Å². The van der Waals surface area contributed by atoms with Gasteiger partial charge in [0.05, 0.1) is 10.0 Å². The molecule has 8 heteroatoms. The van der Waals surface area contributed by atoms with E-state index in [2.05, 4.69) is 4.72 Å². The highest BCUT2D eigenvalue weighted by Crippen LogP contribution is 2.38. The number of nitrogens with one attached hydrogen (secondary N) is 1. The summed E-state index contributed by atoms with van der Waals surface area (Å²) in [6.45, 7) is 0. The highest BCUT2D eigenvalue weighted by Gasteiger charge is 2.28. The van der Waals surface area contributed by atoms with Gasteiger partial charge in [-0.2, -0.15) is 0 Å². The Bertz CT molecular complexity index is 859. The SMILES string of the molecule is O=S(=O)(N[C@H]1CCSc2ccc(F)cc21)c1cccc(Cl)c1Cl. The topological polar surface area (TPSA) is 46.2 Å². The second-order valence-electron chi connectivity index (χ2n) is 5.05. The van der Waals surface area contributed by atoms with Crippen LogP contribution >= 0.6 is 35.0 Å². The van der Waals surface area contributed by atoms with Gasteiger partial charge in [-0.05, 0) is 48.1 Å². The molecule has 0 unspecified atom stereocenters. The van der Waals surface area contributed by atoms with Gasteiger partial charge in [-0.1, -0.05) is 29.3 Å². The molecule has 0 fully saturated rings. The Hall–Kier alpha value is -0.790. The van der Waals surface area contributed by atoms with Crippen molar-refractivity contribution < 1.29 is 12.8 Å². The van der Waals surface area contributed by atoms with Crippen molar-refractivity contribution in [2.75, 3.05) is 5.75 Å². The fourth-order valence-electron chi connectivity index (χ4n) is 2.43. The Balaban J connectivity index is 1.96. The van der Waals surface area contributed by atoms with E-state index >= 15 is 0 Å². The Morgan fingerprint density at radius 3 is 2.78 bits per heavy atom. The molecule has 1 heterocycles. The molecule has 23 heavy (non-hydrogen) atoms. The second-order valence-corrected chi connectivity index (χ2v) is 8.65. The lowest BCUT2D eigenvalue weighted by molar-refractivity contribution is 0.541. The Morgan fingerprint density at radius 1 is 1.22 bits per heavy atom. The normalized spacial score (nSPS) is 17.8. The predicted octanol–water partition coefficient (Wildman–Crippen LogP) is 4.65. The summed E-state index contributed by atoms with van der Waals surface area (Å²) in [4.78, 5) is 0.797. The fourth-order valence-corrected chi connectivity index (χ4v) is 5.55. The molecule has 1 atom stereocenters. The number of fused-ring (bicyclic) bond motifs is 1. The van der Waals surface area contributed by atoms with Gasteiger partial charge in [0.1, 0.15) is 10.7 Å². The maximum absolute atomic E-state index is 13.5. The first-order valence-electron chi connectivity index (χ1n) is 6.77. The molecule has 0 saturated heterocycles. The summed E-state index contributed by atoms with van der Waals surface area (Å²) in [5, 5.41) is 0.145. The first kappa shape index (κ1) is 17.0. The lowest BCUT2D eigenvalue weighted by Crippen LogP contribution is -2.31. The average molecular weight is 392 g/mol. The van der Waals surface area contributed by atoms with Crippen molar-refractivity contribution in [2.24, 2.45) is 0 Å². The number of benzene rings is 2. The number of rotatable bonds is 3. The minimum Gasteiger partial charge on any atom is -0.207 e.